The summed E-state index contributed by atoms with van der Waals surface area (Å²) in [6, 6.07) is 0. The van der Waals surface area contributed by atoms with E-state index in [0.717, 1.165) is 17.1 Å². The highest BCUT2D eigenvalue weighted by molar-refractivity contribution is 7.89. The van der Waals surface area contributed by atoms with Crippen molar-refractivity contribution in [2.45, 2.75) is 37.3 Å². The monoisotopic (exact) mass is 282 g/mol. The highest BCUT2D eigenvalue weighted by atomic mass is 32.2. The summed E-state index contributed by atoms with van der Waals surface area (Å²) in [5.41, 5.74) is 4.94. The molecule has 0 fully saturated rings. The van der Waals surface area contributed by atoms with Gasteiger partial charge in [-0.15, -0.1) is 0 Å². The fraction of sp³-hybridized carbons (Fsp3) is 0.667. The van der Waals surface area contributed by atoms with E-state index < -0.39 is 28.5 Å². The molecule has 6 nitrogen and oxygen atoms in total. The molecule has 1 aromatic rings. The zero-order valence-corrected chi connectivity index (χ0v) is 10.9. The summed E-state index contributed by atoms with van der Waals surface area (Å²) in [4.78, 5) is -0.160. The molecular formula is C9H16F2N4O2S. The molecule has 18 heavy (non-hydrogen) atoms. The summed E-state index contributed by atoms with van der Waals surface area (Å²) in [6.45, 7) is 2.72. The number of nitrogens with zero attached hydrogens (tertiary/aromatic N) is 2. The van der Waals surface area contributed by atoms with Gasteiger partial charge in [0.2, 0.25) is 10.0 Å². The van der Waals surface area contributed by atoms with Gasteiger partial charge < -0.3 is 5.73 Å². The topological polar surface area (TPSA) is 90.0 Å². The van der Waals surface area contributed by atoms with Gasteiger partial charge in [-0.1, -0.05) is 0 Å². The molecule has 0 aliphatic carbocycles. The lowest BCUT2D eigenvalue weighted by atomic mass is 10.1. The number of aromatic nitrogens is 2. The van der Waals surface area contributed by atoms with Crippen LogP contribution in [0.4, 0.5) is 8.78 Å². The fourth-order valence-corrected chi connectivity index (χ4v) is 2.26. The van der Waals surface area contributed by atoms with Crippen LogP contribution in [-0.4, -0.2) is 36.7 Å². The number of nitrogens with one attached hydrogen (secondary N) is 1. The van der Waals surface area contributed by atoms with Crippen molar-refractivity contribution in [3.05, 3.63) is 12.4 Å². The van der Waals surface area contributed by atoms with Gasteiger partial charge in [0.1, 0.15) is 11.4 Å². The lowest BCUT2D eigenvalue weighted by molar-refractivity contribution is 0.121. The van der Waals surface area contributed by atoms with Crippen molar-refractivity contribution in [1.82, 2.24) is 14.5 Å². The predicted octanol–water partition coefficient (Wildman–Crippen LogP) is 0.164. The molecular weight excluding hydrogens is 266 g/mol. The highest BCUT2D eigenvalue weighted by Gasteiger charge is 2.20. The Hall–Kier alpha value is -1.06. The van der Waals surface area contributed by atoms with Gasteiger partial charge in [-0.3, -0.25) is 4.68 Å². The van der Waals surface area contributed by atoms with Crippen LogP contribution in [0.25, 0.3) is 0 Å². The average molecular weight is 282 g/mol. The zero-order valence-electron chi connectivity index (χ0n) is 10.1. The zero-order chi connectivity index (χ0) is 14.0. The molecule has 0 unspecified atom stereocenters. The minimum absolute atomic E-state index is 0.0371. The van der Waals surface area contributed by atoms with Crippen molar-refractivity contribution in [3.63, 3.8) is 0 Å². The van der Waals surface area contributed by atoms with Crippen molar-refractivity contribution in [3.8, 4) is 0 Å². The van der Waals surface area contributed by atoms with E-state index in [9.17, 15) is 17.2 Å². The highest BCUT2D eigenvalue weighted by Crippen LogP contribution is 2.09. The van der Waals surface area contributed by atoms with Crippen molar-refractivity contribution in [1.29, 1.82) is 0 Å². The molecule has 0 aromatic carbocycles. The number of hydrogen-bond donors (Lipinski definition) is 2. The van der Waals surface area contributed by atoms with Gasteiger partial charge in [-0.25, -0.2) is 21.9 Å². The Bertz CT molecular complexity index is 493. The van der Waals surface area contributed by atoms with Crippen molar-refractivity contribution < 1.29 is 17.2 Å². The van der Waals surface area contributed by atoms with E-state index in [-0.39, 0.29) is 11.4 Å². The van der Waals surface area contributed by atoms with Crippen LogP contribution in [0.5, 0.6) is 0 Å². The van der Waals surface area contributed by atoms with Crippen LogP contribution in [0.3, 0.4) is 0 Å². The first-order valence-corrected chi connectivity index (χ1v) is 6.68. The normalized spacial score (nSPS) is 13.2. The summed E-state index contributed by atoms with van der Waals surface area (Å²) in [7, 11) is -3.77. The Morgan fingerprint density at radius 3 is 2.67 bits per heavy atom. The first kappa shape index (κ1) is 15.0. The second kappa shape index (κ2) is 5.29. The lowest BCUT2D eigenvalue weighted by Crippen LogP contribution is -2.44. The smallest absolute Gasteiger partial charge is 0.257 e. The van der Waals surface area contributed by atoms with E-state index >= 15 is 0 Å². The van der Waals surface area contributed by atoms with Gasteiger partial charge in [-0.05, 0) is 13.8 Å². The third-order valence-electron chi connectivity index (χ3n) is 1.96. The maximum Gasteiger partial charge on any atom is 0.257 e. The van der Waals surface area contributed by atoms with Crippen LogP contribution in [0.2, 0.25) is 0 Å². The van der Waals surface area contributed by atoms with E-state index in [1.165, 1.54) is 0 Å². The molecule has 0 amide bonds. The van der Waals surface area contributed by atoms with Gasteiger partial charge in [0.25, 0.3) is 6.43 Å². The maximum absolute atomic E-state index is 12.1. The van der Waals surface area contributed by atoms with Crippen LogP contribution in [-0.2, 0) is 16.6 Å². The van der Waals surface area contributed by atoms with E-state index in [1.54, 1.807) is 13.8 Å². The Morgan fingerprint density at radius 1 is 1.56 bits per heavy atom. The van der Waals surface area contributed by atoms with Crippen LogP contribution < -0.4 is 10.5 Å². The molecule has 1 heterocycles. The first-order chi connectivity index (χ1) is 8.10. The molecule has 0 aliphatic heterocycles. The third-order valence-corrected chi connectivity index (χ3v) is 3.32. The third kappa shape index (κ3) is 4.67. The van der Waals surface area contributed by atoms with Gasteiger partial charge in [-0.2, -0.15) is 5.10 Å². The molecule has 0 saturated heterocycles. The Kier molecular flexibility index (Phi) is 4.41. The summed E-state index contributed by atoms with van der Waals surface area (Å²) < 4.78 is 50.9. The maximum atomic E-state index is 12.1. The summed E-state index contributed by atoms with van der Waals surface area (Å²) in [5.74, 6) is 0. The summed E-state index contributed by atoms with van der Waals surface area (Å²) in [5, 5.41) is 3.55. The molecule has 1 aromatic heterocycles. The molecule has 1 rings (SSSR count). The van der Waals surface area contributed by atoms with Crippen LogP contribution in [0.15, 0.2) is 17.3 Å². The molecule has 0 radical (unpaired) electrons. The van der Waals surface area contributed by atoms with Gasteiger partial charge in [0, 0.05) is 18.3 Å². The molecule has 0 saturated carbocycles. The fourth-order valence-electron chi connectivity index (χ4n) is 1.09. The Morgan fingerprint density at radius 2 is 2.17 bits per heavy atom. The Labute approximate surface area is 104 Å². The van der Waals surface area contributed by atoms with E-state index in [1.807, 2.05) is 0 Å². The number of halogens is 2. The summed E-state index contributed by atoms with van der Waals surface area (Å²) >= 11 is 0. The minimum atomic E-state index is -3.77. The van der Waals surface area contributed by atoms with E-state index in [0.29, 0.717) is 0 Å². The van der Waals surface area contributed by atoms with Gasteiger partial charge in [0.05, 0.1) is 6.20 Å². The molecule has 0 atom stereocenters. The second-order valence-corrected chi connectivity index (χ2v) is 6.37. The van der Waals surface area contributed by atoms with E-state index in [2.05, 4.69) is 9.82 Å². The van der Waals surface area contributed by atoms with Crippen LogP contribution in [0, 0.1) is 0 Å². The molecule has 3 N–H and O–H groups in total. The predicted molar refractivity (Wildman–Crippen MR) is 61.7 cm³/mol. The molecule has 9 heteroatoms. The molecule has 0 bridgehead atoms. The lowest BCUT2D eigenvalue weighted by Gasteiger charge is -2.18. The number of sulfonamides is 1. The second-order valence-electron chi connectivity index (χ2n) is 4.60. The minimum Gasteiger partial charge on any atom is -0.324 e. The summed E-state index contributed by atoms with van der Waals surface area (Å²) in [6.07, 6.45) is -0.511. The molecule has 0 spiro atoms. The van der Waals surface area contributed by atoms with Gasteiger partial charge in [0.15, 0.2) is 0 Å². The number of alkyl halides is 2. The molecule has 0 aliphatic rings. The van der Waals surface area contributed by atoms with Crippen molar-refractivity contribution >= 4 is 10.0 Å². The van der Waals surface area contributed by atoms with Crippen LogP contribution >= 0.6 is 0 Å². The number of nitrogens with two attached hydrogens (primary N) is 1. The number of hydrogen-bond acceptors (Lipinski definition) is 4. The van der Waals surface area contributed by atoms with Crippen molar-refractivity contribution in [2.75, 3.05) is 6.54 Å². The van der Waals surface area contributed by atoms with Gasteiger partial charge >= 0.3 is 0 Å². The quantitative estimate of drug-likeness (QED) is 0.778. The standard InChI is InChI=1S/C9H16F2N4O2S/c1-9(2,12)6-14-18(16,17)7-3-13-15(4-7)5-8(10)11/h3-4,8,14H,5-6,12H2,1-2H3. The van der Waals surface area contributed by atoms with Crippen LogP contribution in [0.1, 0.15) is 13.8 Å². The first-order valence-electron chi connectivity index (χ1n) is 5.19. The van der Waals surface area contributed by atoms with Crippen molar-refractivity contribution in [2.24, 2.45) is 5.73 Å². The SMILES string of the molecule is CC(C)(N)CNS(=O)(=O)c1cnn(CC(F)F)c1. The average Bonchev–Trinajstić information content (AvgIpc) is 2.62. The molecule has 104 valence electrons. The van der Waals surface area contributed by atoms with E-state index in [4.69, 9.17) is 5.73 Å². The number of rotatable bonds is 6. The Balaban J connectivity index is 2.76. The largest absolute Gasteiger partial charge is 0.324 e.